The molecular formula is C24H29F2N3O5S. The maximum atomic E-state index is 13.5. The van der Waals surface area contributed by atoms with Gasteiger partial charge in [0.05, 0.1) is 19.4 Å². The zero-order chi connectivity index (χ0) is 25.4. The molecule has 0 fully saturated rings. The highest BCUT2D eigenvalue weighted by molar-refractivity contribution is 7.91. The number of fused-ring (bicyclic) bond motifs is 1. The molecule has 0 bridgehead atoms. The fourth-order valence-electron chi connectivity index (χ4n) is 3.59. The molecule has 3 N–H and O–H groups in total. The number of ether oxygens (including phenoxy) is 2. The standard InChI is InChI=1S/C24H29F2N3O5S/c1-3-4-5-6-7-8-11-34-24(30)29-35(31,32)28-22-13-16(9-10-23(22)33-2)20-14-17-12-18(25)19(26)15-21(17)27-20/h9-10,12-15,27-28H,3-8,11H2,1-2H3,(H,29,30). The van der Waals surface area contributed by atoms with Gasteiger partial charge < -0.3 is 14.5 Å². The monoisotopic (exact) mass is 509 g/mol. The van der Waals surface area contributed by atoms with Crippen molar-refractivity contribution in [3.05, 3.63) is 48.0 Å². The molecule has 2 aromatic carbocycles. The van der Waals surface area contributed by atoms with E-state index >= 15 is 0 Å². The maximum absolute atomic E-state index is 13.5. The van der Waals surface area contributed by atoms with Gasteiger partial charge in [-0.3, -0.25) is 4.72 Å². The van der Waals surface area contributed by atoms with E-state index < -0.39 is 27.9 Å². The van der Waals surface area contributed by atoms with Crippen molar-refractivity contribution >= 4 is 32.9 Å². The minimum atomic E-state index is -4.32. The molecule has 0 saturated heterocycles. The lowest BCUT2D eigenvalue weighted by molar-refractivity contribution is 0.150. The van der Waals surface area contributed by atoms with E-state index in [0.717, 1.165) is 44.2 Å². The Morgan fingerprint density at radius 1 is 1.00 bits per heavy atom. The summed E-state index contributed by atoms with van der Waals surface area (Å²) in [6, 6.07) is 8.36. The van der Waals surface area contributed by atoms with Crippen molar-refractivity contribution in [2.45, 2.75) is 45.4 Å². The highest BCUT2D eigenvalue weighted by Crippen LogP contribution is 2.32. The second-order valence-electron chi connectivity index (χ2n) is 8.06. The summed E-state index contributed by atoms with van der Waals surface area (Å²) in [6.45, 7) is 2.24. The Kier molecular flexibility index (Phi) is 8.91. The molecule has 11 heteroatoms. The number of halogens is 2. The Morgan fingerprint density at radius 3 is 2.46 bits per heavy atom. The topological polar surface area (TPSA) is 110 Å². The predicted molar refractivity (Wildman–Crippen MR) is 131 cm³/mol. The number of unbranched alkanes of at least 4 members (excludes halogenated alkanes) is 5. The fourth-order valence-corrected chi connectivity index (χ4v) is 4.37. The summed E-state index contributed by atoms with van der Waals surface area (Å²) >= 11 is 0. The summed E-state index contributed by atoms with van der Waals surface area (Å²) in [4.78, 5) is 14.9. The number of carbonyl (C=O) groups is 1. The number of hydrogen-bond donors (Lipinski definition) is 3. The molecule has 0 aliphatic carbocycles. The molecule has 1 amide bonds. The van der Waals surface area contributed by atoms with Crippen molar-refractivity contribution in [3.8, 4) is 17.0 Å². The van der Waals surface area contributed by atoms with Crippen LogP contribution >= 0.6 is 0 Å². The number of H-pyrrole nitrogens is 1. The number of anilines is 1. The summed E-state index contributed by atoms with van der Waals surface area (Å²) in [7, 11) is -2.96. The SMILES string of the molecule is CCCCCCCCOC(=O)NS(=O)(=O)Nc1cc(-c2cc3cc(F)c(F)cc3[nH]2)ccc1OC. The van der Waals surface area contributed by atoms with Crippen LogP contribution in [0.25, 0.3) is 22.2 Å². The first-order chi connectivity index (χ1) is 16.7. The van der Waals surface area contributed by atoms with E-state index in [-0.39, 0.29) is 18.0 Å². The summed E-state index contributed by atoms with van der Waals surface area (Å²) in [6.07, 6.45) is 4.92. The number of methoxy groups -OCH3 is 1. The van der Waals surface area contributed by atoms with Crippen LogP contribution in [0.15, 0.2) is 36.4 Å². The first kappa shape index (κ1) is 26.3. The quantitative estimate of drug-likeness (QED) is 0.265. The first-order valence-electron chi connectivity index (χ1n) is 11.4. The zero-order valence-electron chi connectivity index (χ0n) is 19.6. The average molecular weight is 510 g/mol. The van der Waals surface area contributed by atoms with Gasteiger partial charge in [-0.15, -0.1) is 0 Å². The summed E-state index contributed by atoms with van der Waals surface area (Å²) in [5.41, 5.74) is 1.45. The van der Waals surface area contributed by atoms with Crippen molar-refractivity contribution < 1.29 is 31.5 Å². The van der Waals surface area contributed by atoms with Crippen LogP contribution in [0.1, 0.15) is 45.4 Å². The Balaban J connectivity index is 1.66. The van der Waals surface area contributed by atoms with E-state index in [4.69, 9.17) is 9.47 Å². The number of nitrogens with one attached hydrogen (secondary N) is 3. The van der Waals surface area contributed by atoms with E-state index in [1.807, 2.05) is 4.72 Å². The number of aromatic amines is 1. The molecular weight excluding hydrogens is 480 g/mol. The van der Waals surface area contributed by atoms with Crippen molar-refractivity contribution in [1.82, 2.24) is 9.71 Å². The number of aromatic nitrogens is 1. The molecule has 1 heterocycles. The molecule has 35 heavy (non-hydrogen) atoms. The second kappa shape index (κ2) is 11.9. The van der Waals surface area contributed by atoms with Crippen LogP contribution in [0.4, 0.5) is 19.3 Å². The fraction of sp³-hybridized carbons (Fsp3) is 0.375. The second-order valence-corrected chi connectivity index (χ2v) is 9.48. The third-order valence-corrected chi connectivity index (χ3v) is 6.29. The lowest BCUT2D eigenvalue weighted by Gasteiger charge is -2.14. The van der Waals surface area contributed by atoms with Gasteiger partial charge in [-0.25, -0.2) is 18.3 Å². The van der Waals surface area contributed by atoms with Crippen molar-refractivity contribution in [2.75, 3.05) is 18.4 Å². The number of carbonyl (C=O) groups excluding carboxylic acids is 1. The molecule has 0 radical (unpaired) electrons. The molecule has 0 unspecified atom stereocenters. The Labute approximate surface area is 203 Å². The highest BCUT2D eigenvalue weighted by Gasteiger charge is 2.19. The molecule has 0 saturated carbocycles. The number of rotatable bonds is 12. The molecule has 8 nitrogen and oxygen atoms in total. The zero-order valence-corrected chi connectivity index (χ0v) is 20.4. The molecule has 190 valence electrons. The Bertz CT molecular complexity index is 1240. The van der Waals surface area contributed by atoms with Crippen LogP contribution in [0.3, 0.4) is 0 Å². The van der Waals surface area contributed by atoms with Crippen LogP contribution in [0.2, 0.25) is 0 Å². The largest absolute Gasteiger partial charge is 0.495 e. The summed E-state index contributed by atoms with van der Waals surface area (Å²) < 4.78 is 66.3. The van der Waals surface area contributed by atoms with Gasteiger partial charge in [0.1, 0.15) is 5.75 Å². The summed E-state index contributed by atoms with van der Waals surface area (Å²) in [5.74, 6) is -1.75. The highest BCUT2D eigenvalue weighted by atomic mass is 32.2. The minimum Gasteiger partial charge on any atom is -0.495 e. The van der Waals surface area contributed by atoms with Crippen LogP contribution in [-0.2, 0) is 14.9 Å². The van der Waals surface area contributed by atoms with Crippen molar-refractivity contribution in [2.24, 2.45) is 0 Å². The van der Waals surface area contributed by atoms with E-state index in [1.54, 1.807) is 12.1 Å². The number of amides is 1. The number of hydrogen-bond acceptors (Lipinski definition) is 5. The normalized spacial score (nSPS) is 11.4. The van der Waals surface area contributed by atoms with E-state index in [1.165, 1.54) is 19.2 Å². The molecule has 3 rings (SSSR count). The molecule has 1 aromatic heterocycles. The van der Waals surface area contributed by atoms with Crippen LogP contribution < -0.4 is 14.2 Å². The van der Waals surface area contributed by atoms with Gasteiger partial charge in [0.25, 0.3) is 0 Å². The summed E-state index contributed by atoms with van der Waals surface area (Å²) in [5, 5.41) is 0.451. The Morgan fingerprint density at radius 2 is 1.71 bits per heavy atom. The Hall–Kier alpha value is -3.34. The molecule has 3 aromatic rings. The van der Waals surface area contributed by atoms with Gasteiger partial charge in [0, 0.05) is 28.2 Å². The van der Waals surface area contributed by atoms with Gasteiger partial charge in [-0.05, 0) is 36.8 Å². The van der Waals surface area contributed by atoms with Crippen molar-refractivity contribution in [3.63, 3.8) is 0 Å². The van der Waals surface area contributed by atoms with Crippen LogP contribution in [0, 0.1) is 11.6 Å². The van der Waals surface area contributed by atoms with Gasteiger partial charge in [0.15, 0.2) is 11.6 Å². The smallest absolute Gasteiger partial charge is 0.422 e. The maximum Gasteiger partial charge on any atom is 0.422 e. The van der Waals surface area contributed by atoms with E-state index in [9.17, 15) is 22.0 Å². The third kappa shape index (κ3) is 7.32. The van der Waals surface area contributed by atoms with Crippen molar-refractivity contribution in [1.29, 1.82) is 0 Å². The lowest BCUT2D eigenvalue weighted by Crippen LogP contribution is -2.36. The van der Waals surface area contributed by atoms with Crippen LogP contribution in [-0.4, -0.2) is 33.2 Å². The molecule has 0 atom stereocenters. The third-order valence-electron chi connectivity index (χ3n) is 5.37. The van der Waals surface area contributed by atoms with E-state index in [0.29, 0.717) is 28.6 Å². The van der Waals surface area contributed by atoms with Gasteiger partial charge in [-0.1, -0.05) is 39.0 Å². The lowest BCUT2D eigenvalue weighted by atomic mass is 10.1. The van der Waals surface area contributed by atoms with E-state index in [2.05, 4.69) is 16.6 Å². The minimum absolute atomic E-state index is 0.0530. The van der Waals surface area contributed by atoms with Crippen LogP contribution in [0.5, 0.6) is 5.75 Å². The van der Waals surface area contributed by atoms with Gasteiger partial charge in [-0.2, -0.15) is 8.42 Å². The predicted octanol–water partition coefficient (Wildman–Crippen LogP) is 5.87. The molecule has 0 spiro atoms. The molecule has 0 aliphatic heterocycles. The van der Waals surface area contributed by atoms with Gasteiger partial charge in [0.2, 0.25) is 0 Å². The average Bonchev–Trinajstić information content (AvgIpc) is 3.20. The first-order valence-corrected chi connectivity index (χ1v) is 12.8. The van der Waals surface area contributed by atoms with Gasteiger partial charge >= 0.3 is 16.3 Å². The number of benzene rings is 2. The molecule has 0 aliphatic rings.